The number of carboxylic acids is 1. The fraction of sp³-hybridized carbons (Fsp3) is 0.375. The molecule has 1 aliphatic heterocycles. The standard InChI is InChI=1S/C24H29N3O4/c1-17(23(29)27-14-8-13-21(27)24(30)31)25-16-20(15-18-9-4-2-5-10-18)26-22(28)19-11-6-3-7-12-19/h2-7,9-12,17,20-21,25H,8,13-16H2,1H3,(H,26,28)(H,30,31)/t17-,20+,21-/m0/s1. The Labute approximate surface area is 182 Å². The number of likely N-dealkylation sites (tertiary alicyclic amines) is 1. The molecule has 7 heteroatoms. The van der Waals surface area contributed by atoms with Crippen LogP contribution in [0.1, 0.15) is 35.7 Å². The van der Waals surface area contributed by atoms with Gasteiger partial charge in [0.2, 0.25) is 5.91 Å². The molecule has 2 amide bonds. The van der Waals surface area contributed by atoms with Gasteiger partial charge in [-0.15, -0.1) is 0 Å². The molecule has 0 saturated carbocycles. The summed E-state index contributed by atoms with van der Waals surface area (Å²) in [5.74, 6) is -1.36. The highest BCUT2D eigenvalue weighted by molar-refractivity contribution is 5.94. The molecular formula is C24H29N3O4. The van der Waals surface area contributed by atoms with Gasteiger partial charge in [0.15, 0.2) is 0 Å². The van der Waals surface area contributed by atoms with Crippen molar-refractivity contribution in [1.29, 1.82) is 0 Å². The van der Waals surface area contributed by atoms with E-state index in [0.29, 0.717) is 37.9 Å². The van der Waals surface area contributed by atoms with Crippen LogP contribution in [0, 0.1) is 0 Å². The largest absolute Gasteiger partial charge is 0.480 e. The molecule has 1 fully saturated rings. The minimum absolute atomic E-state index is 0.173. The lowest BCUT2D eigenvalue weighted by Crippen LogP contribution is -2.52. The van der Waals surface area contributed by atoms with Crippen molar-refractivity contribution in [3.8, 4) is 0 Å². The van der Waals surface area contributed by atoms with Gasteiger partial charge in [-0.05, 0) is 43.9 Å². The molecule has 31 heavy (non-hydrogen) atoms. The van der Waals surface area contributed by atoms with Crippen LogP contribution >= 0.6 is 0 Å². The molecule has 0 unspecified atom stereocenters. The number of carbonyl (C=O) groups is 3. The Balaban J connectivity index is 1.64. The van der Waals surface area contributed by atoms with Crippen LogP contribution in [0.2, 0.25) is 0 Å². The molecule has 7 nitrogen and oxygen atoms in total. The lowest BCUT2D eigenvalue weighted by molar-refractivity contribution is -0.148. The van der Waals surface area contributed by atoms with Gasteiger partial charge < -0.3 is 20.6 Å². The van der Waals surface area contributed by atoms with E-state index in [1.807, 2.05) is 48.5 Å². The second-order valence-electron chi connectivity index (χ2n) is 7.88. The fourth-order valence-electron chi connectivity index (χ4n) is 3.87. The van der Waals surface area contributed by atoms with Gasteiger partial charge in [-0.25, -0.2) is 4.79 Å². The summed E-state index contributed by atoms with van der Waals surface area (Å²) in [6, 6.07) is 17.3. The summed E-state index contributed by atoms with van der Waals surface area (Å²) in [6.45, 7) is 2.57. The zero-order valence-electron chi connectivity index (χ0n) is 17.7. The number of rotatable bonds is 9. The van der Waals surface area contributed by atoms with Crippen molar-refractivity contribution in [2.24, 2.45) is 0 Å². The maximum Gasteiger partial charge on any atom is 0.326 e. The van der Waals surface area contributed by atoms with Crippen molar-refractivity contribution in [2.45, 2.75) is 44.3 Å². The van der Waals surface area contributed by atoms with Gasteiger partial charge in [-0.3, -0.25) is 9.59 Å². The number of carboxylic acid groups (broad SMARTS) is 1. The summed E-state index contributed by atoms with van der Waals surface area (Å²) in [5.41, 5.74) is 1.65. The van der Waals surface area contributed by atoms with Crippen molar-refractivity contribution in [2.75, 3.05) is 13.1 Å². The molecule has 0 radical (unpaired) electrons. The Hall–Kier alpha value is -3.19. The smallest absolute Gasteiger partial charge is 0.326 e. The van der Waals surface area contributed by atoms with Crippen LogP contribution in [0.4, 0.5) is 0 Å². The maximum absolute atomic E-state index is 12.8. The quantitative estimate of drug-likeness (QED) is 0.574. The zero-order chi connectivity index (χ0) is 22.2. The van der Waals surface area contributed by atoms with Crippen molar-refractivity contribution >= 4 is 17.8 Å². The second kappa shape index (κ2) is 10.7. The molecule has 3 N–H and O–H groups in total. The van der Waals surface area contributed by atoms with Gasteiger partial charge in [-0.2, -0.15) is 0 Å². The van der Waals surface area contributed by atoms with Crippen LogP contribution in [-0.2, 0) is 16.0 Å². The van der Waals surface area contributed by atoms with E-state index in [4.69, 9.17) is 0 Å². The van der Waals surface area contributed by atoms with Crippen molar-refractivity contribution in [1.82, 2.24) is 15.5 Å². The molecule has 164 valence electrons. The van der Waals surface area contributed by atoms with Crippen LogP contribution in [-0.4, -0.2) is 59.0 Å². The molecule has 0 aliphatic carbocycles. The van der Waals surface area contributed by atoms with Gasteiger partial charge in [-0.1, -0.05) is 48.5 Å². The molecule has 0 aromatic heterocycles. The summed E-state index contributed by atoms with van der Waals surface area (Å²) in [6.07, 6.45) is 1.78. The fourth-order valence-corrected chi connectivity index (χ4v) is 3.87. The molecule has 2 aromatic carbocycles. The van der Waals surface area contributed by atoms with Crippen molar-refractivity contribution < 1.29 is 19.5 Å². The van der Waals surface area contributed by atoms with E-state index in [0.717, 1.165) is 5.56 Å². The number of nitrogens with one attached hydrogen (secondary N) is 2. The van der Waals surface area contributed by atoms with E-state index in [2.05, 4.69) is 10.6 Å². The number of hydrogen-bond donors (Lipinski definition) is 3. The van der Waals surface area contributed by atoms with E-state index >= 15 is 0 Å². The first-order valence-electron chi connectivity index (χ1n) is 10.6. The van der Waals surface area contributed by atoms with E-state index < -0.39 is 18.1 Å². The number of nitrogens with zero attached hydrogens (tertiary/aromatic N) is 1. The van der Waals surface area contributed by atoms with E-state index in [9.17, 15) is 19.5 Å². The second-order valence-corrected chi connectivity index (χ2v) is 7.88. The molecule has 1 aliphatic rings. The highest BCUT2D eigenvalue weighted by Crippen LogP contribution is 2.18. The average Bonchev–Trinajstić information content (AvgIpc) is 3.28. The lowest BCUT2D eigenvalue weighted by Gasteiger charge is -2.27. The topological polar surface area (TPSA) is 98.7 Å². The minimum atomic E-state index is -0.963. The molecule has 1 heterocycles. The monoisotopic (exact) mass is 423 g/mol. The SMILES string of the molecule is C[C@H](NC[C@@H](Cc1ccccc1)NC(=O)c1ccccc1)C(=O)N1CCC[C@H]1C(=O)O. The van der Waals surface area contributed by atoms with Crippen LogP contribution < -0.4 is 10.6 Å². The highest BCUT2D eigenvalue weighted by Gasteiger charge is 2.35. The van der Waals surface area contributed by atoms with Crippen LogP contribution in [0.3, 0.4) is 0 Å². The third kappa shape index (κ3) is 6.15. The highest BCUT2D eigenvalue weighted by atomic mass is 16.4. The van der Waals surface area contributed by atoms with Crippen LogP contribution in [0.15, 0.2) is 60.7 Å². The first-order valence-corrected chi connectivity index (χ1v) is 10.6. The number of benzene rings is 2. The van der Waals surface area contributed by atoms with Crippen molar-refractivity contribution in [3.05, 3.63) is 71.8 Å². The van der Waals surface area contributed by atoms with Crippen LogP contribution in [0.25, 0.3) is 0 Å². The van der Waals surface area contributed by atoms with Gasteiger partial charge in [0.05, 0.1) is 6.04 Å². The normalized spacial score (nSPS) is 17.7. The molecule has 2 aromatic rings. The first-order chi connectivity index (χ1) is 15.0. The lowest BCUT2D eigenvalue weighted by atomic mass is 10.0. The first kappa shape index (κ1) is 22.5. The Bertz CT molecular complexity index is 888. The van der Waals surface area contributed by atoms with Gasteiger partial charge in [0, 0.05) is 24.7 Å². The number of aliphatic carboxylic acids is 1. The predicted octanol–water partition coefficient (Wildman–Crippen LogP) is 2.08. The third-order valence-electron chi connectivity index (χ3n) is 5.56. The summed E-state index contributed by atoms with van der Waals surface area (Å²) < 4.78 is 0. The van der Waals surface area contributed by atoms with E-state index in [1.165, 1.54) is 4.90 Å². The zero-order valence-corrected chi connectivity index (χ0v) is 17.7. The molecule has 0 spiro atoms. The average molecular weight is 424 g/mol. The van der Waals surface area contributed by atoms with Gasteiger partial charge in [0.1, 0.15) is 6.04 Å². The molecule has 0 bridgehead atoms. The molecular weight excluding hydrogens is 394 g/mol. The Morgan fingerprint density at radius 1 is 1.06 bits per heavy atom. The molecule has 1 saturated heterocycles. The molecule has 3 rings (SSSR count). The Morgan fingerprint density at radius 2 is 1.71 bits per heavy atom. The third-order valence-corrected chi connectivity index (χ3v) is 5.56. The predicted molar refractivity (Wildman–Crippen MR) is 118 cm³/mol. The summed E-state index contributed by atoms with van der Waals surface area (Å²) in [4.78, 5) is 38.3. The Morgan fingerprint density at radius 3 is 2.35 bits per heavy atom. The number of carbonyl (C=O) groups excluding carboxylic acids is 2. The van der Waals surface area contributed by atoms with Crippen molar-refractivity contribution in [3.63, 3.8) is 0 Å². The van der Waals surface area contributed by atoms with Gasteiger partial charge >= 0.3 is 5.97 Å². The van der Waals surface area contributed by atoms with E-state index in [-0.39, 0.29) is 17.9 Å². The molecule has 3 atom stereocenters. The Kier molecular flexibility index (Phi) is 7.78. The van der Waals surface area contributed by atoms with Crippen LogP contribution in [0.5, 0.6) is 0 Å². The summed E-state index contributed by atoms with van der Waals surface area (Å²) in [7, 11) is 0. The minimum Gasteiger partial charge on any atom is -0.480 e. The summed E-state index contributed by atoms with van der Waals surface area (Å²) >= 11 is 0. The van der Waals surface area contributed by atoms with E-state index in [1.54, 1.807) is 19.1 Å². The van der Waals surface area contributed by atoms with Gasteiger partial charge in [0.25, 0.3) is 5.91 Å². The number of hydrogen-bond acceptors (Lipinski definition) is 4. The summed E-state index contributed by atoms with van der Waals surface area (Å²) in [5, 5.41) is 15.6. The maximum atomic E-state index is 12.8. The number of amides is 2.